The van der Waals surface area contributed by atoms with Gasteiger partial charge in [-0.1, -0.05) is 196 Å². The van der Waals surface area contributed by atoms with Crippen LogP contribution in [0, 0.1) is 0 Å². The van der Waals surface area contributed by atoms with E-state index in [4.69, 9.17) is 28.4 Å². The third-order valence-electron chi connectivity index (χ3n) is 13.2. The van der Waals surface area contributed by atoms with E-state index in [1.807, 2.05) is 0 Å². The standard InChI is InChI=1S/C59H102O14/c1-3-5-7-9-11-13-15-17-19-20-21-22-23-24-25-26-27-29-31-33-35-37-39-41-43-68-45-48(71-51(61)42-40-38-36-34-32-30-28-18-16-14-12-10-8-6-4-2)46-69-58-57(67)55(65)53(63)50(73-58)47-70-59-56(66)54(64)52(62)49(44-60)72-59/h5,7,11,13,17,19,21-22,24-25,27,29,48-50,52-60,62-67H,3-4,6,8-10,12,14-16,18,20,23,26,28,30-47H2,1-2H3/b7-5-,13-11-,19-17-,22-21-,25-24-,29-27-. The molecule has 0 aliphatic carbocycles. The Labute approximate surface area is 440 Å². The van der Waals surface area contributed by atoms with E-state index < -0.39 is 80.7 Å². The number of allylic oxidation sites excluding steroid dienone is 12. The predicted octanol–water partition coefficient (Wildman–Crippen LogP) is 9.86. The van der Waals surface area contributed by atoms with Crippen molar-refractivity contribution in [2.24, 2.45) is 0 Å². The van der Waals surface area contributed by atoms with Gasteiger partial charge in [-0.25, -0.2) is 0 Å². The van der Waals surface area contributed by atoms with E-state index in [1.165, 1.54) is 70.6 Å². The van der Waals surface area contributed by atoms with Crippen molar-refractivity contribution in [1.82, 2.24) is 0 Å². The van der Waals surface area contributed by atoms with Gasteiger partial charge in [0.2, 0.25) is 0 Å². The molecule has 2 aliphatic heterocycles. The number of aliphatic hydroxyl groups is 7. The van der Waals surface area contributed by atoms with E-state index in [1.54, 1.807) is 0 Å². The van der Waals surface area contributed by atoms with Gasteiger partial charge in [0.15, 0.2) is 12.6 Å². The molecule has 2 heterocycles. The number of carbonyl (C=O) groups is 1. The number of hydrogen-bond acceptors (Lipinski definition) is 14. The van der Waals surface area contributed by atoms with Crippen LogP contribution >= 0.6 is 0 Å². The van der Waals surface area contributed by atoms with E-state index in [0.717, 1.165) is 96.3 Å². The van der Waals surface area contributed by atoms with E-state index in [-0.39, 0.29) is 25.6 Å². The third-order valence-corrected chi connectivity index (χ3v) is 13.2. The lowest BCUT2D eigenvalue weighted by Crippen LogP contribution is -2.61. The molecule has 2 fully saturated rings. The van der Waals surface area contributed by atoms with Crippen molar-refractivity contribution in [2.75, 3.05) is 33.0 Å². The van der Waals surface area contributed by atoms with E-state index in [9.17, 15) is 40.5 Å². The Morgan fingerprint density at radius 1 is 0.466 bits per heavy atom. The Hall–Kier alpha value is -2.57. The monoisotopic (exact) mass is 1030 g/mol. The Morgan fingerprint density at radius 2 is 0.890 bits per heavy atom. The minimum atomic E-state index is -1.71. The first kappa shape index (κ1) is 66.5. The smallest absolute Gasteiger partial charge is 0.306 e. The molecular weight excluding hydrogens is 933 g/mol. The van der Waals surface area contributed by atoms with Crippen molar-refractivity contribution in [1.29, 1.82) is 0 Å². The second kappa shape index (κ2) is 45.6. The van der Waals surface area contributed by atoms with Gasteiger partial charge >= 0.3 is 5.97 Å². The number of unbranched alkanes of at least 4 members (excludes halogenated alkanes) is 19. The highest BCUT2D eigenvalue weighted by Crippen LogP contribution is 2.26. The molecule has 0 radical (unpaired) electrons. The Bertz CT molecular complexity index is 1480. The average molecular weight is 1040 g/mol. The topological polar surface area (TPSA) is 214 Å². The van der Waals surface area contributed by atoms with Gasteiger partial charge in [0.05, 0.1) is 26.4 Å². The molecule has 0 saturated carbocycles. The second-order valence-electron chi connectivity index (χ2n) is 19.7. The van der Waals surface area contributed by atoms with Crippen LogP contribution in [-0.2, 0) is 33.2 Å². The summed E-state index contributed by atoms with van der Waals surface area (Å²) in [6, 6.07) is 0. The van der Waals surface area contributed by atoms with Crippen LogP contribution in [0.3, 0.4) is 0 Å². The summed E-state index contributed by atoms with van der Waals surface area (Å²) in [6.07, 6.45) is 41.0. The predicted molar refractivity (Wildman–Crippen MR) is 289 cm³/mol. The first-order valence-corrected chi connectivity index (χ1v) is 28.5. The number of aliphatic hydroxyl groups excluding tert-OH is 7. The van der Waals surface area contributed by atoms with E-state index in [0.29, 0.717) is 13.0 Å². The van der Waals surface area contributed by atoms with Crippen LogP contribution in [-0.4, -0.2) is 142 Å². The highest BCUT2D eigenvalue weighted by atomic mass is 16.7. The lowest BCUT2D eigenvalue weighted by Gasteiger charge is -2.42. The second-order valence-corrected chi connectivity index (χ2v) is 19.7. The van der Waals surface area contributed by atoms with Gasteiger partial charge in [-0.05, 0) is 64.2 Å². The van der Waals surface area contributed by atoms with Crippen LogP contribution in [0.4, 0.5) is 0 Å². The van der Waals surface area contributed by atoms with Gasteiger partial charge in [0, 0.05) is 13.0 Å². The zero-order valence-electron chi connectivity index (χ0n) is 45.1. The van der Waals surface area contributed by atoms with Crippen LogP contribution in [0.25, 0.3) is 0 Å². The zero-order valence-corrected chi connectivity index (χ0v) is 45.1. The summed E-state index contributed by atoms with van der Waals surface area (Å²) in [5.41, 5.74) is 0. The number of ether oxygens (including phenoxy) is 6. The third kappa shape index (κ3) is 32.6. The number of hydrogen-bond donors (Lipinski definition) is 7. The molecule has 7 N–H and O–H groups in total. The molecule has 0 bridgehead atoms. The van der Waals surface area contributed by atoms with E-state index >= 15 is 0 Å². The van der Waals surface area contributed by atoms with Gasteiger partial charge in [0.25, 0.3) is 0 Å². The molecule has 73 heavy (non-hydrogen) atoms. The summed E-state index contributed by atoms with van der Waals surface area (Å²) in [4.78, 5) is 13.0. The minimum Gasteiger partial charge on any atom is -0.457 e. The summed E-state index contributed by atoms with van der Waals surface area (Å²) in [5, 5.41) is 72.3. The fraction of sp³-hybridized carbons (Fsp3) is 0.780. The van der Waals surface area contributed by atoms with E-state index in [2.05, 4.69) is 86.8 Å². The van der Waals surface area contributed by atoms with Crippen LogP contribution < -0.4 is 0 Å². The Balaban J connectivity index is 1.73. The lowest BCUT2D eigenvalue weighted by atomic mass is 9.98. The van der Waals surface area contributed by atoms with Gasteiger partial charge in [-0.2, -0.15) is 0 Å². The molecule has 0 spiro atoms. The fourth-order valence-electron chi connectivity index (χ4n) is 8.64. The summed E-state index contributed by atoms with van der Waals surface area (Å²) < 4.78 is 34.3. The molecule has 14 nitrogen and oxygen atoms in total. The van der Waals surface area contributed by atoms with Crippen LogP contribution in [0.1, 0.15) is 194 Å². The highest BCUT2D eigenvalue weighted by molar-refractivity contribution is 5.69. The van der Waals surface area contributed by atoms with Gasteiger partial charge in [0.1, 0.15) is 54.9 Å². The van der Waals surface area contributed by atoms with Crippen LogP contribution in [0.5, 0.6) is 0 Å². The molecule has 0 aromatic rings. The molecule has 14 heteroatoms. The molecule has 11 unspecified atom stereocenters. The van der Waals surface area contributed by atoms with Crippen molar-refractivity contribution >= 4 is 5.97 Å². The molecule has 2 rings (SSSR count). The highest BCUT2D eigenvalue weighted by Gasteiger charge is 2.47. The maximum atomic E-state index is 13.0. The van der Waals surface area contributed by atoms with Gasteiger partial charge < -0.3 is 64.2 Å². The largest absolute Gasteiger partial charge is 0.457 e. The molecule has 0 aromatic heterocycles. The molecule has 2 aliphatic rings. The lowest BCUT2D eigenvalue weighted by molar-refractivity contribution is -0.332. The molecule has 2 saturated heterocycles. The summed E-state index contributed by atoms with van der Waals surface area (Å²) in [5.74, 6) is -0.384. The number of rotatable bonds is 45. The van der Waals surface area contributed by atoms with Crippen LogP contribution in [0.2, 0.25) is 0 Å². The summed E-state index contributed by atoms with van der Waals surface area (Å²) >= 11 is 0. The molecule has 11 atom stereocenters. The maximum Gasteiger partial charge on any atom is 0.306 e. The van der Waals surface area contributed by atoms with Crippen molar-refractivity contribution in [3.8, 4) is 0 Å². The number of esters is 1. The maximum absolute atomic E-state index is 13.0. The molecular formula is C59H102O14. The molecule has 0 aromatic carbocycles. The van der Waals surface area contributed by atoms with Crippen molar-refractivity contribution in [3.63, 3.8) is 0 Å². The first-order chi connectivity index (χ1) is 35.6. The summed E-state index contributed by atoms with van der Waals surface area (Å²) in [7, 11) is 0. The molecule has 422 valence electrons. The zero-order chi connectivity index (χ0) is 53.0. The minimum absolute atomic E-state index is 0.0466. The van der Waals surface area contributed by atoms with Crippen molar-refractivity contribution < 1.29 is 69.0 Å². The Morgan fingerprint density at radius 3 is 1.40 bits per heavy atom. The van der Waals surface area contributed by atoms with Crippen molar-refractivity contribution in [2.45, 2.75) is 261 Å². The summed E-state index contributed by atoms with van der Waals surface area (Å²) in [6.45, 7) is 3.53. The van der Waals surface area contributed by atoms with Crippen molar-refractivity contribution in [3.05, 3.63) is 72.9 Å². The quantitative estimate of drug-likeness (QED) is 0.0172. The Kier molecular flexibility index (Phi) is 41.6. The SMILES string of the molecule is CC/C=C\C/C=C\C/C=C\C/C=C\C/C=C\C/C=C\CCCCCCCOCC(COC1OC(COC2OC(CO)C(O)C(O)C2O)C(O)C(O)C1O)OC(=O)CCCCCCCCCCCCCCCCC. The fourth-order valence-corrected chi connectivity index (χ4v) is 8.64. The van der Waals surface area contributed by atoms with Gasteiger partial charge in [-0.3, -0.25) is 4.79 Å². The van der Waals surface area contributed by atoms with Gasteiger partial charge in [-0.15, -0.1) is 0 Å². The van der Waals surface area contributed by atoms with Crippen LogP contribution in [0.15, 0.2) is 72.9 Å². The molecule has 0 amide bonds. The average Bonchev–Trinajstić information content (AvgIpc) is 3.39. The number of carbonyl (C=O) groups excluding carboxylic acids is 1. The normalized spacial score (nSPS) is 25.5. The first-order valence-electron chi connectivity index (χ1n) is 28.5.